The van der Waals surface area contributed by atoms with Crippen LogP contribution < -0.4 is 10.3 Å². The summed E-state index contributed by atoms with van der Waals surface area (Å²) < 4.78 is 0. The molecular weight excluding hydrogens is 272 g/mol. The molecule has 22 heavy (non-hydrogen) atoms. The van der Waals surface area contributed by atoms with E-state index in [0.29, 0.717) is 0 Å². The van der Waals surface area contributed by atoms with Crippen LogP contribution in [-0.2, 0) is 12.8 Å². The molecule has 3 nitrogen and oxygen atoms in total. The number of anilines is 1. The SMILES string of the molecule is CCc1ccc2c(=O)c3ccc(CC)c(N(C)C)c3[nH]c2c1. The molecule has 0 radical (unpaired) electrons. The first-order valence-corrected chi connectivity index (χ1v) is 7.84. The fraction of sp³-hybridized carbons (Fsp3) is 0.316. The predicted molar refractivity (Wildman–Crippen MR) is 95.2 cm³/mol. The number of rotatable bonds is 3. The molecule has 2 aromatic carbocycles. The summed E-state index contributed by atoms with van der Waals surface area (Å²) in [7, 11) is 4.05. The van der Waals surface area contributed by atoms with Crippen LogP contribution >= 0.6 is 0 Å². The van der Waals surface area contributed by atoms with Crippen molar-refractivity contribution in [1.29, 1.82) is 0 Å². The third-order valence-corrected chi connectivity index (χ3v) is 4.33. The molecule has 0 saturated heterocycles. The van der Waals surface area contributed by atoms with Gasteiger partial charge in [0.1, 0.15) is 0 Å². The summed E-state index contributed by atoms with van der Waals surface area (Å²) in [5.74, 6) is 0. The van der Waals surface area contributed by atoms with Crippen LogP contribution in [0.2, 0.25) is 0 Å². The topological polar surface area (TPSA) is 36.1 Å². The van der Waals surface area contributed by atoms with Gasteiger partial charge >= 0.3 is 0 Å². The van der Waals surface area contributed by atoms with Gasteiger partial charge in [-0.1, -0.05) is 26.0 Å². The number of hydrogen-bond donors (Lipinski definition) is 1. The molecule has 0 unspecified atom stereocenters. The highest BCUT2D eigenvalue weighted by Crippen LogP contribution is 2.29. The monoisotopic (exact) mass is 294 g/mol. The lowest BCUT2D eigenvalue weighted by Crippen LogP contribution is -2.14. The second-order valence-corrected chi connectivity index (χ2v) is 5.93. The molecule has 0 amide bonds. The zero-order valence-electron chi connectivity index (χ0n) is 13.7. The predicted octanol–water partition coefficient (Wildman–Crippen LogP) is 3.87. The molecule has 3 heteroatoms. The standard InChI is InChI=1S/C19H22N2O/c1-5-12-7-9-14-16(11-12)20-17-15(19(14)22)10-8-13(6-2)18(17)21(3)4/h7-11H,5-6H2,1-4H3,(H,20,22). The first kappa shape index (κ1) is 14.6. The summed E-state index contributed by atoms with van der Waals surface area (Å²) in [5, 5.41) is 1.52. The maximum atomic E-state index is 12.8. The zero-order valence-corrected chi connectivity index (χ0v) is 13.7. The highest BCUT2D eigenvalue weighted by molar-refractivity contribution is 5.99. The third kappa shape index (κ3) is 2.17. The smallest absolute Gasteiger partial charge is 0.197 e. The van der Waals surface area contributed by atoms with Crippen molar-refractivity contribution < 1.29 is 0 Å². The summed E-state index contributed by atoms with van der Waals surface area (Å²) in [5.41, 5.74) is 5.57. The Morgan fingerprint density at radius 1 is 1.00 bits per heavy atom. The zero-order chi connectivity index (χ0) is 15.9. The molecule has 1 aromatic heterocycles. The maximum absolute atomic E-state index is 12.8. The quantitative estimate of drug-likeness (QED) is 0.744. The van der Waals surface area contributed by atoms with Gasteiger partial charge in [0.25, 0.3) is 0 Å². The fourth-order valence-electron chi connectivity index (χ4n) is 3.14. The lowest BCUT2D eigenvalue weighted by Gasteiger charge is -2.19. The van der Waals surface area contributed by atoms with E-state index < -0.39 is 0 Å². The number of nitrogens with zero attached hydrogens (tertiary/aromatic N) is 1. The second kappa shape index (κ2) is 5.48. The van der Waals surface area contributed by atoms with Crippen molar-refractivity contribution in [3.05, 3.63) is 51.7 Å². The minimum atomic E-state index is 0.108. The van der Waals surface area contributed by atoms with Crippen molar-refractivity contribution in [3.8, 4) is 0 Å². The number of fused-ring (bicyclic) bond motifs is 2. The molecule has 0 aliphatic carbocycles. The van der Waals surface area contributed by atoms with E-state index in [-0.39, 0.29) is 5.43 Å². The van der Waals surface area contributed by atoms with Crippen molar-refractivity contribution in [1.82, 2.24) is 4.98 Å². The number of pyridine rings is 1. The van der Waals surface area contributed by atoms with Crippen LogP contribution in [0.25, 0.3) is 21.8 Å². The number of nitrogens with one attached hydrogen (secondary N) is 1. The molecular formula is C19H22N2O. The second-order valence-electron chi connectivity index (χ2n) is 5.93. The molecule has 0 aliphatic rings. The average molecular weight is 294 g/mol. The van der Waals surface area contributed by atoms with E-state index in [0.717, 1.165) is 40.3 Å². The number of H-pyrrole nitrogens is 1. The molecule has 3 rings (SSSR count). The van der Waals surface area contributed by atoms with E-state index in [1.54, 1.807) is 0 Å². The van der Waals surface area contributed by atoms with Gasteiger partial charge in [-0.25, -0.2) is 0 Å². The van der Waals surface area contributed by atoms with Gasteiger partial charge in [0.2, 0.25) is 0 Å². The van der Waals surface area contributed by atoms with Gasteiger partial charge in [-0.05, 0) is 42.2 Å². The number of hydrogen-bond acceptors (Lipinski definition) is 2. The third-order valence-electron chi connectivity index (χ3n) is 4.33. The van der Waals surface area contributed by atoms with Crippen molar-refractivity contribution in [2.45, 2.75) is 26.7 Å². The molecule has 0 saturated carbocycles. The summed E-state index contributed by atoms with van der Waals surface area (Å²) in [4.78, 5) is 18.4. The van der Waals surface area contributed by atoms with Crippen molar-refractivity contribution in [3.63, 3.8) is 0 Å². The molecule has 1 heterocycles. The summed E-state index contributed by atoms with van der Waals surface area (Å²) in [6, 6.07) is 10.1. The minimum absolute atomic E-state index is 0.108. The van der Waals surface area contributed by atoms with Crippen LogP contribution in [0.4, 0.5) is 5.69 Å². The Kier molecular flexibility index (Phi) is 3.65. The van der Waals surface area contributed by atoms with Gasteiger partial charge in [-0.15, -0.1) is 0 Å². The number of aryl methyl sites for hydroxylation is 2. The van der Waals surface area contributed by atoms with Crippen molar-refractivity contribution >= 4 is 27.5 Å². The fourth-order valence-corrected chi connectivity index (χ4v) is 3.14. The number of benzene rings is 2. The molecule has 0 aliphatic heterocycles. The van der Waals surface area contributed by atoms with Crippen molar-refractivity contribution in [2.24, 2.45) is 0 Å². The molecule has 114 valence electrons. The van der Waals surface area contributed by atoms with E-state index in [9.17, 15) is 4.79 Å². The van der Waals surface area contributed by atoms with E-state index in [2.05, 4.69) is 35.9 Å². The number of aromatic amines is 1. The molecule has 0 atom stereocenters. The van der Waals surface area contributed by atoms with Crippen LogP contribution in [0.3, 0.4) is 0 Å². The Balaban J connectivity index is 2.49. The molecule has 0 bridgehead atoms. The molecule has 1 N–H and O–H groups in total. The highest BCUT2D eigenvalue weighted by Gasteiger charge is 2.13. The molecule has 3 aromatic rings. The lowest BCUT2D eigenvalue weighted by molar-refractivity contribution is 1.07. The van der Waals surface area contributed by atoms with Crippen LogP contribution in [0.5, 0.6) is 0 Å². The van der Waals surface area contributed by atoms with Gasteiger partial charge in [-0.2, -0.15) is 0 Å². The van der Waals surface area contributed by atoms with Crippen LogP contribution in [0.15, 0.2) is 35.1 Å². The van der Waals surface area contributed by atoms with E-state index in [4.69, 9.17) is 0 Å². The number of aromatic nitrogens is 1. The van der Waals surface area contributed by atoms with Crippen LogP contribution in [0, 0.1) is 0 Å². The first-order chi connectivity index (χ1) is 10.6. The van der Waals surface area contributed by atoms with Gasteiger partial charge in [-0.3, -0.25) is 4.79 Å². The van der Waals surface area contributed by atoms with Crippen LogP contribution in [0.1, 0.15) is 25.0 Å². The minimum Gasteiger partial charge on any atom is -0.376 e. The Morgan fingerprint density at radius 2 is 1.73 bits per heavy atom. The van der Waals surface area contributed by atoms with E-state index in [1.807, 2.05) is 32.3 Å². The Labute approximate surface area is 130 Å². The molecule has 0 fully saturated rings. The average Bonchev–Trinajstić information content (AvgIpc) is 2.53. The summed E-state index contributed by atoms with van der Waals surface area (Å²) >= 11 is 0. The molecule has 0 spiro atoms. The van der Waals surface area contributed by atoms with E-state index in [1.165, 1.54) is 11.1 Å². The largest absolute Gasteiger partial charge is 0.376 e. The maximum Gasteiger partial charge on any atom is 0.197 e. The Morgan fingerprint density at radius 3 is 2.36 bits per heavy atom. The summed E-state index contributed by atoms with van der Waals surface area (Å²) in [6.07, 6.45) is 1.91. The Hall–Kier alpha value is -2.29. The normalized spacial score (nSPS) is 11.3. The van der Waals surface area contributed by atoms with Crippen LogP contribution in [-0.4, -0.2) is 19.1 Å². The first-order valence-electron chi connectivity index (χ1n) is 7.84. The van der Waals surface area contributed by atoms with Gasteiger partial charge < -0.3 is 9.88 Å². The highest BCUT2D eigenvalue weighted by atomic mass is 16.1. The lowest BCUT2D eigenvalue weighted by atomic mass is 10.0. The van der Waals surface area contributed by atoms with Gasteiger partial charge in [0, 0.05) is 24.9 Å². The van der Waals surface area contributed by atoms with Crippen molar-refractivity contribution in [2.75, 3.05) is 19.0 Å². The van der Waals surface area contributed by atoms with Gasteiger partial charge in [0.15, 0.2) is 5.43 Å². The van der Waals surface area contributed by atoms with Gasteiger partial charge in [0.05, 0.1) is 16.7 Å². The Bertz CT molecular complexity index is 907. The summed E-state index contributed by atoms with van der Waals surface area (Å²) in [6.45, 7) is 4.27. The van der Waals surface area contributed by atoms with E-state index >= 15 is 0 Å².